The molecule has 0 rings (SSSR count). The van der Waals surface area contributed by atoms with Gasteiger partial charge in [0.15, 0.2) is 0 Å². The van der Waals surface area contributed by atoms with Crippen molar-refractivity contribution in [3.8, 4) is 0 Å². The minimum Gasteiger partial charge on any atom is -0.756 e. The van der Waals surface area contributed by atoms with Crippen LogP contribution in [0.1, 0.15) is 226 Å². The number of rotatable bonds is 45. The Hall–Kier alpha value is -1.28. The second-order valence-corrected chi connectivity index (χ2v) is 19.6. The third kappa shape index (κ3) is 44.6. The maximum Gasteiger partial charge on any atom is 0.268 e. The quantitative estimate of drug-likeness (QED) is 0.0273. The van der Waals surface area contributed by atoms with Crippen molar-refractivity contribution < 1.29 is 32.9 Å². The summed E-state index contributed by atoms with van der Waals surface area (Å²) in [7, 11) is 1.24. The van der Waals surface area contributed by atoms with Crippen molar-refractivity contribution in [1.29, 1.82) is 0 Å². The zero-order valence-electron chi connectivity index (χ0n) is 39.5. The Bertz CT molecular complexity index is 1060. The summed E-state index contributed by atoms with van der Waals surface area (Å²) in [4.78, 5) is 25.4. The van der Waals surface area contributed by atoms with Crippen LogP contribution in [0.5, 0.6) is 0 Å². The van der Waals surface area contributed by atoms with E-state index in [0.717, 1.165) is 51.4 Å². The van der Waals surface area contributed by atoms with Gasteiger partial charge in [0.25, 0.3) is 7.82 Å². The summed E-state index contributed by atoms with van der Waals surface area (Å²) < 4.78 is 23.2. The first-order valence-electron chi connectivity index (χ1n) is 24.9. The molecule has 348 valence electrons. The van der Waals surface area contributed by atoms with Crippen LogP contribution in [0, 0.1) is 0 Å². The lowest BCUT2D eigenvalue weighted by atomic mass is 10.0. The normalized spacial score (nSPS) is 14.5. The number of nitrogens with zero attached hydrogens (tertiary/aromatic N) is 1. The molecular weight excluding hydrogens is 756 g/mol. The molecule has 0 heterocycles. The first kappa shape index (κ1) is 57.7. The van der Waals surface area contributed by atoms with E-state index in [2.05, 4.69) is 43.5 Å². The van der Waals surface area contributed by atoms with E-state index in [1.165, 1.54) is 154 Å². The molecule has 3 unspecified atom stereocenters. The SMILES string of the molecule is CCCCCCCCC/C=C\CCCCCCCC(=O)NC(COP(=O)([O-])OCC[N+](C)(C)C)C(O)/C=C/CC/C=C/CCCCCCCCCCCCCCCCC. The lowest BCUT2D eigenvalue weighted by molar-refractivity contribution is -0.870. The molecule has 2 N–H and O–H groups in total. The van der Waals surface area contributed by atoms with Crippen molar-refractivity contribution >= 4 is 13.7 Å². The number of allylic oxidation sites excluding steroid dienone is 5. The minimum absolute atomic E-state index is 0.00768. The molecule has 0 bridgehead atoms. The number of nitrogens with one attached hydrogen (secondary N) is 1. The zero-order chi connectivity index (χ0) is 43.6. The summed E-state index contributed by atoms with van der Waals surface area (Å²) >= 11 is 0. The fourth-order valence-corrected chi connectivity index (χ4v) is 7.83. The molecule has 0 aliphatic rings. The Labute approximate surface area is 366 Å². The standard InChI is InChI=1S/C50H97N2O6P/c1-6-8-10-12-14-16-18-20-22-24-25-26-27-28-29-31-33-35-37-39-41-43-49(53)48(47-58-59(55,56)57-46-45-52(3,4)5)51-50(54)44-42-40-38-36-34-32-30-23-21-19-17-15-13-11-9-7-2/h23,30,33,35,41,43,48-49,53H,6-22,24-29,31-32,34,36-40,42,44-47H2,1-5H3,(H-,51,54,55,56)/b30-23-,35-33+,43-41+. The number of aliphatic hydroxyl groups is 1. The number of amides is 1. The summed E-state index contributed by atoms with van der Waals surface area (Å²) in [5.41, 5.74) is 0. The average molecular weight is 853 g/mol. The second kappa shape index (κ2) is 42.0. The van der Waals surface area contributed by atoms with E-state index < -0.39 is 26.6 Å². The number of quaternary nitrogens is 1. The third-order valence-corrected chi connectivity index (χ3v) is 12.0. The highest BCUT2D eigenvalue weighted by atomic mass is 31.2. The van der Waals surface area contributed by atoms with Crippen LogP contribution in [0.25, 0.3) is 0 Å². The molecule has 59 heavy (non-hydrogen) atoms. The number of phosphoric ester groups is 1. The number of carbonyl (C=O) groups excluding carboxylic acids is 1. The molecule has 0 spiro atoms. The van der Waals surface area contributed by atoms with Crippen LogP contribution in [-0.2, 0) is 18.4 Å². The summed E-state index contributed by atoms with van der Waals surface area (Å²) in [6.45, 7) is 4.63. The smallest absolute Gasteiger partial charge is 0.268 e. The van der Waals surface area contributed by atoms with Gasteiger partial charge in [-0.25, -0.2) is 0 Å². The van der Waals surface area contributed by atoms with E-state index in [1.54, 1.807) is 6.08 Å². The van der Waals surface area contributed by atoms with Crippen molar-refractivity contribution in [2.45, 2.75) is 238 Å². The molecule has 0 aliphatic carbocycles. The highest BCUT2D eigenvalue weighted by Crippen LogP contribution is 2.38. The van der Waals surface area contributed by atoms with E-state index in [1.807, 2.05) is 27.2 Å². The Morgan fingerprint density at radius 1 is 0.576 bits per heavy atom. The summed E-state index contributed by atoms with van der Waals surface area (Å²) in [6, 6.07) is -0.906. The number of hydrogen-bond donors (Lipinski definition) is 2. The van der Waals surface area contributed by atoms with Gasteiger partial charge in [0.2, 0.25) is 5.91 Å². The molecule has 3 atom stereocenters. The minimum atomic E-state index is -4.60. The number of likely N-dealkylation sites (N-methyl/N-ethyl adjacent to an activating group) is 1. The number of phosphoric acid groups is 1. The van der Waals surface area contributed by atoms with E-state index in [4.69, 9.17) is 9.05 Å². The van der Waals surface area contributed by atoms with E-state index >= 15 is 0 Å². The van der Waals surface area contributed by atoms with Crippen LogP contribution in [0.4, 0.5) is 0 Å². The summed E-state index contributed by atoms with van der Waals surface area (Å²) in [5.74, 6) is -0.215. The molecule has 0 fully saturated rings. The molecule has 0 aliphatic heterocycles. The molecule has 0 aromatic rings. The maximum absolute atomic E-state index is 12.9. The summed E-state index contributed by atoms with van der Waals surface area (Å²) in [6.07, 6.45) is 52.0. The van der Waals surface area contributed by atoms with Crippen LogP contribution in [-0.4, -0.2) is 68.5 Å². The molecule has 0 saturated heterocycles. The molecule has 8 nitrogen and oxygen atoms in total. The van der Waals surface area contributed by atoms with Gasteiger partial charge in [-0.2, -0.15) is 0 Å². The first-order valence-corrected chi connectivity index (χ1v) is 26.3. The predicted octanol–water partition coefficient (Wildman–Crippen LogP) is 13.6. The van der Waals surface area contributed by atoms with Crippen LogP contribution in [0.15, 0.2) is 36.5 Å². The molecular formula is C50H97N2O6P. The highest BCUT2D eigenvalue weighted by Gasteiger charge is 2.23. The predicted molar refractivity (Wildman–Crippen MR) is 251 cm³/mol. The Kier molecular flexibility index (Phi) is 41.1. The lowest BCUT2D eigenvalue weighted by Gasteiger charge is -2.29. The number of unbranched alkanes of at least 4 members (excludes halogenated alkanes) is 28. The van der Waals surface area contributed by atoms with Gasteiger partial charge in [-0.3, -0.25) is 9.36 Å². The maximum atomic E-state index is 12.9. The molecule has 0 radical (unpaired) electrons. The Morgan fingerprint density at radius 2 is 0.949 bits per heavy atom. The van der Waals surface area contributed by atoms with Crippen molar-refractivity contribution in [3.05, 3.63) is 36.5 Å². The van der Waals surface area contributed by atoms with Crippen molar-refractivity contribution in [3.63, 3.8) is 0 Å². The fourth-order valence-electron chi connectivity index (χ4n) is 7.10. The zero-order valence-corrected chi connectivity index (χ0v) is 40.4. The van der Waals surface area contributed by atoms with Gasteiger partial charge in [-0.05, 0) is 57.8 Å². The van der Waals surface area contributed by atoms with Gasteiger partial charge in [0.05, 0.1) is 39.9 Å². The van der Waals surface area contributed by atoms with Crippen molar-refractivity contribution in [2.24, 2.45) is 0 Å². The fraction of sp³-hybridized carbons (Fsp3) is 0.860. The second-order valence-electron chi connectivity index (χ2n) is 18.2. The van der Waals surface area contributed by atoms with Gasteiger partial charge < -0.3 is 28.8 Å². The van der Waals surface area contributed by atoms with Crippen molar-refractivity contribution in [1.82, 2.24) is 5.32 Å². The third-order valence-electron chi connectivity index (χ3n) is 11.1. The average Bonchev–Trinajstić information content (AvgIpc) is 3.19. The van der Waals surface area contributed by atoms with Crippen LogP contribution in [0.2, 0.25) is 0 Å². The number of hydrogen-bond acceptors (Lipinski definition) is 6. The van der Waals surface area contributed by atoms with Gasteiger partial charge in [0, 0.05) is 6.42 Å². The molecule has 0 aromatic heterocycles. The van der Waals surface area contributed by atoms with Gasteiger partial charge in [0.1, 0.15) is 13.2 Å². The Morgan fingerprint density at radius 3 is 1.37 bits per heavy atom. The van der Waals surface area contributed by atoms with Gasteiger partial charge in [-0.1, -0.05) is 198 Å². The van der Waals surface area contributed by atoms with Gasteiger partial charge in [-0.15, -0.1) is 0 Å². The monoisotopic (exact) mass is 853 g/mol. The van der Waals surface area contributed by atoms with Crippen molar-refractivity contribution in [2.75, 3.05) is 40.9 Å². The largest absolute Gasteiger partial charge is 0.756 e. The lowest BCUT2D eigenvalue weighted by Crippen LogP contribution is -2.45. The summed E-state index contributed by atoms with van der Waals surface area (Å²) in [5, 5.41) is 13.8. The highest BCUT2D eigenvalue weighted by molar-refractivity contribution is 7.45. The van der Waals surface area contributed by atoms with Crippen LogP contribution < -0.4 is 10.2 Å². The topological polar surface area (TPSA) is 108 Å². The molecule has 0 saturated carbocycles. The molecule has 9 heteroatoms. The van der Waals surface area contributed by atoms with Gasteiger partial charge >= 0.3 is 0 Å². The number of aliphatic hydroxyl groups excluding tert-OH is 1. The molecule has 1 amide bonds. The Balaban J connectivity index is 4.39. The van der Waals surface area contributed by atoms with E-state index in [0.29, 0.717) is 17.4 Å². The van der Waals surface area contributed by atoms with Crippen LogP contribution in [0.3, 0.4) is 0 Å². The number of carbonyl (C=O) groups is 1. The first-order chi connectivity index (χ1) is 28.5. The molecule has 0 aromatic carbocycles. The van der Waals surface area contributed by atoms with Crippen LogP contribution >= 0.6 is 7.82 Å². The van der Waals surface area contributed by atoms with E-state index in [9.17, 15) is 19.4 Å². The van der Waals surface area contributed by atoms with E-state index in [-0.39, 0.29) is 12.5 Å².